The number of piperidine rings is 1. The molecule has 106 valence electrons. The van der Waals surface area contributed by atoms with Gasteiger partial charge in [-0.1, -0.05) is 12.1 Å². The van der Waals surface area contributed by atoms with Gasteiger partial charge in [-0.3, -0.25) is 0 Å². The molecule has 3 rings (SSSR count). The van der Waals surface area contributed by atoms with Crippen LogP contribution in [0.4, 0.5) is 0 Å². The molecule has 19 heavy (non-hydrogen) atoms. The first-order valence-corrected chi connectivity index (χ1v) is 7.46. The van der Waals surface area contributed by atoms with Crippen molar-refractivity contribution in [3.05, 3.63) is 11.7 Å². The number of hydrogen-bond acceptors (Lipinski definition) is 5. The van der Waals surface area contributed by atoms with Gasteiger partial charge in [0, 0.05) is 19.4 Å². The maximum absolute atomic E-state index is 6.09. The van der Waals surface area contributed by atoms with Crippen molar-refractivity contribution in [2.75, 3.05) is 19.7 Å². The number of hydrogen-bond donors (Lipinski definition) is 1. The summed E-state index contributed by atoms with van der Waals surface area (Å²) < 4.78 is 11.4. The van der Waals surface area contributed by atoms with E-state index in [4.69, 9.17) is 9.26 Å². The molecule has 1 atom stereocenters. The highest BCUT2D eigenvalue weighted by atomic mass is 16.5. The summed E-state index contributed by atoms with van der Waals surface area (Å²) in [5.74, 6) is 2.24. The summed E-state index contributed by atoms with van der Waals surface area (Å²) in [6, 6.07) is 0. The van der Waals surface area contributed by atoms with Crippen LogP contribution in [0.3, 0.4) is 0 Å². The van der Waals surface area contributed by atoms with Crippen LogP contribution in [0.5, 0.6) is 0 Å². The molecule has 3 heterocycles. The Labute approximate surface area is 114 Å². The maximum atomic E-state index is 6.09. The van der Waals surface area contributed by atoms with Gasteiger partial charge in [0.1, 0.15) is 0 Å². The molecule has 2 saturated heterocycles. The predicted octanol–water partition coefficient (Wildman–Crippen LogP) is 1.72. The van der Waals surface area contributed by atoms with Gasteiger partial charge in [-0.15, -0.1) is 0 Å². The van der Waals surface area contributed by atoms with Crippen LogP contribution in [0.15, 0.2) is 4.52 Å². The van der Waals surface area contributed by atoms with E-state index in [0.717, 1.165) is 69.9 Å². The average Bonchev–Trinajstić information content (AvgIpc) is 2.87. The minimum Gasteiger partial charge on any atom is -0.375 e. The molecular formula is C14H23N3O2. The SMILES string of the molecule is CCc1noc(CC2CCOC3(CCNCC3)C2)n1. The second-order valence-corrected chi connectivity index (χ2v) is 5.80. The first kappa shape index (κ1) is 13.1. The maximum Gasteiger partial charge on any atom is 0.226 e. The fourth-order valence-electron chi connectivity index (χ4n) is 3.30. The molecule has 2 fully saturated rings. The molecule has 5 heteroatoms. The summed E-state index contributed by atoms with van der Waals surface area (Å²) in [7, 11) is 0. The highest BCUT2D eigenvalue weighted by Crippen LogP contribution is 2.37. The van der Waals surface area contributed by atoms with Crippen LogP contribution >= 0.6 is 0 Å². The summed E-state index contributed by atoms with van der Waals surface area (Å²) in [5, 5.41) is 7.39. The Kier molecular flexibility index (Phi) is 3.84. The minimum atomic E-state index is 0.113. The van der Waals surface area contributed by atoms with Crippen LogP contribution in [0, 0.1) is 5.92 Å². The molecule has 0 aromatic carbocycles. The lowest BCUT2D eigenvalue weighted by molar-refractivity contribution is -0.114. The van der Waals surface area contributed by atoms with E-state index in [9.17, 15) is 0 Å². The highest BCUT2D eigenvalue weighted by molar-refractivity contribution is 4.94. The Morgan fingerprint density at radius 1 is 1.37 bits per heavy atom. The van der Waals surface area contributed by atoms with Crippen LogP contribution in [0.2, 0.25) is 0 Å². The zero-order valence-electron chi connectivity index (χ0n) is 11.7. The van der Waals surface area contributed by atoms with Gasteiger partial charge in [-0.2, -0.15) is 4.98 Å². The first-order valence-electron chi connectivity index (χ1n) is 7.46. The number of ether oxygens (including phenoxy) is 1. The van der Waals surface area contributed by atoms with Gasteiger partial charge in [0.2, 0.25) is 5.89 Å². The fourth-order valence-corrected chi connectivity index (χ4v) is 3.30. The lowest BCUT2D eigenvalue weighted by Crippen LogP contribution is -2.48. The van der Waals surface area contributed by atoms with E-state index >= 15 is 0 Å². The number of aromatic nitrogens is 2. The lowest BCUT2D eigenvalue weighted by Gasteiger charge is -2.43. The van der Waals surface area contributed by atoms with Gasteiger partial charge in [-0.25, -0.2) is 0 Å². The summed E-state index contributed by atoms with van der Waals surface area (Å²) in [4.78, 5) is 4.43. The van der Waals surface area contributed by atoms with Crippen LogP contribution in [-0.2, 0) is 17.6 Å². The topological polar surface area (TPSA) is 60.2 Å². The van der Waals surface area contributed by atoms with E-state index in [2.05, 4.69) is 15.5 Å². The largest absolute Gasteiger partial charge is 0.375 e. The number of aryl methyl sites for hydroxylation is 1. The van der Waals surface area contributed by atoms with Gasteiger partial charge in [0.15, 0.2) is 5.82 Å². The third kappa shape index (κ3) is 2.98. The molecule has 2 aliphatic rings. The minimum absolute atomic E-state index is 0.113. The smallest absolute Gasteiger partial charge is 0.226 e. The van der Waals surface area contributed by atoms with Crippen molar-refractivity contribution < 1.29 is 9.26 Å². The third-order valence-electron chi connectivity index (χ3n) is 4.40. The molecule has 0 bridgehead atoms. The van der Waals surface area contributed by atoms with E-state index < -0.39 is 0 Å². The zero-order valence-corrected chi connectivity index (χ0v) is 11.7. The Balaban J connectivity index is 1.61. The molecule has 1 unspecified atom stereocenters. The molecule has 1 aromatic rings. The van der Waals surface area contributed by atoms with Gasteiger partial charge in [0.05, 0.1) is 5.60 Å². The molecule has 2 aliphatic heterocycles. The molecule has 1 spiro atoms. The summed E-state index contributed by atoms with van der Waals surface area (Å²) in [6.07, 6.45) is 6.26. The summed E-state index contributed by atoms with van der Waals surface area (Å²) in [6.45, 7) is 5.08. The molecular weight excluding hydrogens is 242 g/mol. The molecule has 5 nitrogen and oxygen atoms in total. The number of nitrogens with zero attached hydrogens (tertiary/aromatic N) is 2. The Hall–Kier alpha value is -0.940. The van der Waals surface area contributed by atoms with Crippen molar-refractivity contribution in [2.24, 2.45) is 5.92 Å². The summed E-state index contributed by atoms with van der Waals surface area (Å²) in [5.41, 5.74) is 0.113. The molecule has 1 aromatic heterocycles. The Morgan fingerprint density at radius 3 is 2.95 bits per heavy atom. The van der Waals surface area contributed by atoms with Crippen molar-refractivity contribution in [1.82, 2.24) is 15.5 Å². The van der Waals surface area contributed by atoms with E-state index in [1.165, 1.54) is 0 Å². The van der Waals surface area contributed by atoms with Crippen molar-refractivity contribution in [2.45, 2.75) is 51.0 Å². The van der Waals surface area contributed by atoms with Gasteiger partial charge in [-0.05, 0) is 44.7 Å². The quantitative estimate of drug-likeness (QED) is 0.901. The molecule has 0 radical (unpaired) electrons. The van der Waals surface area contributed by atoms with Gasteiger partial charge in [0.25, 0.3) is 0 Å². The third-order valence-corrected chi connectivity index (χ3v) is 4.40. The van der Waals surface area contributed by atoms with Gasteiger partial charge < -0.3 is 14.6 Å². The van der Waals surface area contributed by atoms with E-state index in [-0.39, 0.29) is 5.60 Å². The first-order chi connectivity index (χ1) is 9.30. The fraction of sp³-hybridized carbons (Fsp3) is 0.857. The lowest BCUT2D eigenvalue weighted by atomic mass is 9.79. The molecule has 1 N–H and O–H groups in total. The second kappa shape index (κ2) is 5.59. The van der Waals surface area contributed by atoms with E-state index in [0.29, 0.717) is 5.92 Å². The van der Waals surface area contributed by atoms with Crippen molar-refractivity contribution >= 4 is 0 Å². The van der Waals surface area contributed by atoms with Crippen LogP contribution < -0.4 is 5.32 Å². The van der Waals surface area contributed by atoms with Crippen molar-refractivity contribution in [1.29, 1.82) is 0 Å². The number of rotatable bonds is 3. The van der Waals surface area contributed by atoms with Gasteiger partial charge >= 0.3 is 0 Å². The van der Waals surface area contributed by atoms with Crippen molar-refractivity contribution in [3.63, 3.8) is 0 Å². The van der Waals surface area contributed by atoms with Crippen molar-refractivity contribution in [3.8, 4) is 0 Å². The molecule has 0 aliphatic carbocycles. The second-order valence-electron chi connectivity index (χ2n) is 5.80. The highest BCUT2D eigenvalue weighted by Gasteiger charge is 2.38. The molecule has 0 amide bonds. The zero-order chi connectivity index (χ0) is 13.1. The van der Waals surface area contributed by atoms with E-state index in [1.807, 2.05) is 6.92 Å². The molecule has 0 saturated carbocycles. The normalized spacial score (nSPS) is 26.7. The predicted molar refractivity (Wildman–Crippen MR) is 70.9 cm³/mol. The average molecular weight is 265 g/mol. The van der Waals surface area contributed by atoms with E-state index in [1.54, 1.807) is 0 Å². The number of nitrogens with one attached hydrogen (secondary N) is 1. The van der Waals surface area contributed by atoms with Crippen LogP contribution in [0.1, 0.15) is 44.3 Å². The Morgan fingerprint density at radius 2 is 2.21 bits per heavy atom. The standard InChI is InChI=1S/C14H23N3O2/c1-2-12-16-13(19-17-12)9-11-3-8-18-14(10-11)4-6-15-7-5-14/h11,15H,2-10H2,1H3. The Bertz CT molecular complexity index is 407. The van der Waals surface area contributed by atoms with Crippen LogP contribution in [0.25, 0.3) is 0 Å². The van der Waals surface area contributed by atoms with Crippen LogP contribution in [-0.4, -0.2) is 35.4 Å². The summed E-state index contributed by atoms with van der Waals surface area (Å²) >= 11 is 0. The monoisotopic (exact) mass is 265 g/mol.